The van der Waals surface area contributed by atoms with Crippen molar-refractivity contribution in [1.82, 2.24) is 4.98 Å². The Balaban J connectivity index is 2.28. The fourth-order valence-corrected chi connectivity index (χ4v) is 2.10. The molecule has 1 fully saturated rings. The molecule has 98 valence electrons. The number of oxime groups is 1. The number of aromatic nitrogens is 1. The van der Waals surface area contributed by atoms with Crippen LogP contribution in [0, 0.1) is 0 Å². The number of nitrogens with two attached hydrogens (primary N) is 1. The molecule has 0 unspecified atom stereocenters. The smallest absolute Gasteiger partial charge is 0.172 e. The van der Waals surface area contributed by atoms with E-state index >= 15 is 0 Å². The summed E-state index contributed by atoms with van der Waals surface area (Å²) in [7, 11) is 0. The highest BCUT2D eigenvalue weighted by atomic mass is 16.4. The third kappa shape index (κ3) is 2.72. The summed E-state index contributed by atoms with van der Waals surface area (Å²) in [6.45, 7) is 3.18. The minimum absolute atomic E-state index is 0.148. The van der Waals surface area contributed by atoms with Gasteiger partial charge in [0.05, 0.1) is 11.9 Å². The number of pyridine rings is 1. The van der Waals surface area contributed by atoms with E-state index in [4.69, 9.17) is 10.9 Å². The van der Waals surface area contributed by atoms with Crippen LogP contribution in [0.1, 0.15) is 38.2 Å². The Hall–Kier alpha value is -1.78. The Labute approximate surface area is 107 Å². The highest BCUT2D eigenvalue weighted by Gasteiger charge is 2.30. The third-order valence-electron chi connectivity index (χ3n) is 3.23. The Bertz CT molecular complexity index is 429. The molecule has 3 N–H and O–H groups in total. The average Bonchev–Trinajstić information content (AvgIpc) is 3.23. The largest absolute Gasteiger partial charge is 0.409 e. The Morgan fingerprint density at radius 2 is 2.39 bits per heavy atom. The van der Waals surface area contributed by atoms with Gasteiger partial charge in [0.25, 0.3) is 0 Å². The normalized spacial score (nSPS) is 15.7. The van der Waals surface area contributed by atoms with Crippen molar-refractivity contribution >= 4 is 11.5 Å². The topological polar surface area (TPSA) is 74.7 Å². The van der Waals surface area contributed by atoms with E-state index in [1.165, 1.54) is 12.8 Å². The van der Waals surface area contributed by atoms with Crippen LogP contribution in [0.3, 0.4) is 0 Å². The molecule has 0 bridgehead atoms. The molecule has 18 heavy (non-hydrogen) atoms. The fourth-order valence-electron chi connectivity index (χ4n) is 2.10. The summed E-state index contributed by atoms with van der Waals surface area (Å²) < 4.78 is 0. The van der Waals surface area contributed by atoms with Gasteiger partial charge in [0.2, 0.25) is 0 Å². The van der Waals surface area contributed by atoms with E-state index in [-0.39, 0.29) is 5.84 Å². The molecule has 1 aromatic rings. The maximum absolute atomic E-state index is 8.85. The Morgan fingerprint density at radius 1 is 1.61 bits per heavy atom. The SMILES string of the molecule is CCCCN(c1cnccc1/C(N)=N/O)C1CC1. The number of hydrogen-bond donors (Lipinski definition) is 2. The van der Waals surface area contributed by atoms with Crippen molar-refractivity contribution in [2.75, 3.05) is 11.4 Å². The fraction of sp³-hybridized carbons (Fsp3) is 0.538. The molecule has 0 spiro atoms. The Morgan fingerprint density at radius 3 is 3.00 bits per heavy atom. The second-order valence-corrected chi connectivity index (χ2v) is 4.66. The van der Waals surface area contributed by atoms with Crippen molar-refractivity contribution in [3.8, 4) is 0 Å². The lowest BCUT2D eigenvalue weighted by Crippen LogP contribution is -2.30. The molecule has 0 saturated heterocycles. The van der Waals surface area contributed by atoms with Gasteiger partial charge < -0.3 is 15.8 Å². The van der Waals surface area contributed by atoms with Crippen LogP contribution in [0.5, 0.6) is 0 Å². The van der Waals surface area contributed by atoms with Gasteiger partial charge in [-0.2, -0.15) is 0 Å². The summed E-state index contributed by atoms with van der Waals surface area (Å²) in [5.74, 6) is 0.148. The van der Waals surface area contributed by atoms with Crippen LogP contribution in [0.25, 0.3) is 0 Å². The van der Waals surface area contributed by atoms with Crippen molar-refractivity contribution in [2.24, 2.45) is 10.9 Å². The van der Waals surface area contributed by atoms with Gasteiger partial charge in [-0.05, 0) is 25.3 Å². The molecule has 1 aromatic heterocycles. The number of anilines is 1. The maximum atomic E-state index is 8.85. The van der Waals surface area contributed by atoms with Crippen molar-refractivity contribution < 1.29 is 5.21 Å². The van der Waals surface area contributed by atoms with Crippen LogP contribution in [0.2, 0.25) is 0 Å². The first-order valence-electron chi connectivity index (χ1n) is 6.46. The van der Waals surface area contributed by atoms with Gasteiger partial charge in [-0.25, -0.2) is 0 Å². The second kappa shape index (κ2) is 5.71. The summed E-state index contributed by atoms with van der Waals surface area (Å²) in [6, 6.07) is 2.39. The molecule has 1 heterocycles. The number of nitrogens with zero attached hydrogens (tertiary/aromatic N) is 3. The van der Waals surface area contributed by atoms with Crippen LogP contribution in [0.15, 0.2) is 23.6 Å². The van der Waals surface area contributed by atoms with Crippen LogP contribution < -0.4 is 10.6 Å². The zero-order valence-corrected chi connectivity index (χ0v) is 10.7. The number of amidine groups is 1. The molecule has 1 aliphatic rings. The standard InChI is InChI=1S/C13H20N4O/c1-2-3-8-17(10-4-5-10)12-9-15-7-6-11(12)13(14)16-18/h6-7,9-10,18H,2-5,8H2,1H3,(H2,14,16). The second-order valence-electron chi connectivity index (χ2n) is 4.66. The lowest BCUT2D eigenvalue weighted by Gasteiger charge is -2.26. The van der Waals surface area contributed by atoms with Crippen molar-refractivity contribution in [1.29, 1.82) is 0 Å². The minimum atomic E-state index is 0.148. The highest BCUT2D eigenvalue weighted by molar-refractivity contribution is 6.02. The van der Waals surface area contributed by atoms with Gasteiger partial charge >= 0.3 is 0 Å². The van der Waals surface area contributed by atoms with E-state index in [2.05, 4.69) is 22.0 Å². The van der Waals surface area contributed by atoms with E-state index in [1.807, 2.05) is 0 Å². The van der Waals surface area contributed by atoms with Gasteiger partial charge in [0, 0.05) is 24.3 Å². The molecule has 2 rings (SSSR count). The molecular weight excluding hydrogens is 228 g/mol. The van der Waals surface area contributed by atoms with Crippen molar-refractivity contribution in [3.63, 3.8) is 0 Å². The zero-order valence-electron chi connectivity index (χ0n) is 10.7. The predicted octanol–water partition coefficient (Wildman–Crippen LogP) is 1.94. The summed E-state index contributed by atoms with van der Waals surface area (Å²) in [4.78, 5) is 6.50. The molecule has 0 radical (unpaired) electrons. The van der Waals surface area contributed by atoms with Crippen LogP contribution in [0.4, 0.5) is 5.69 Å². The van der Waals surface area contributed by atoms with Gasteiger partial charge in [-0.1, -0.05) is 18.5 Å². The van der Waals surface area contributed by atoms with Crippen LogP contribution >= 0.6 is 0 Å². The minimum Gasteiger partial charge on any atom is -0.409 e. The van der Waals surface area contributed by atoms with Gasteiger partial charge in [-0.15, -0.1) is 0 Å². The first-order valence-corrected chi connectivity index (χ1v) is 6.46. The summed E-state index contributed by atoms with van der Waals surface area (Å²) >= 11 is 0. The van der Waals surface area contributed by atoms with E-state index in [1.54, 1.807) is 18.5 Å². The summed E-state index contributed by atoms with van der Waals surface area (Å²) in [5.41, 5.74) is 7.46. The first kappa shape index (κ1) is 12.7. The van der Waals surface area contributed by atoms with Gasteiger partial charge in [0.15, 0.2) is 5.84 Å². The zero-order chi connectivity index (χ0) is 13.0. The maximum Gasteiger partial charge on any atom is 0.172 e. The number of unbranched alkanes of at least 4 members (excludes halogenated alkanes) is 1. The van der Waals surface area contributed by atoms with Gasteiger partial charge in [0.1, 0.15) is 0 Å². The van der Waals surface area contributed by atoms with E-state index in [0.29, 0.717) is 6.04 Å². The lowest BCUT2D eigenvalue weighted by molar-refractivity contribution is 0.318. The Kier molecular flexibility index (Phi) is 4.02. The van der Waals surface area contributed by atoms with Crippen molar-refractivity contribution in [2.45, 2.75) is 38.6 Å². The molecule has 5 heteroatoms. The van der Waals surface area contributed by atoms with E-state index in [0.717, 1.165) is 30.6 Å². The van der Waals surface area contributed by atoms with Crippen LogP contribution in [-0.4, -0.2) is 28.6 Å². The first-order chi connectivity index (χ1) is 8.77. The quantitative estimate of drug-likeness (QED) is 0.349. The third-order valence-corrected chi connectivity index (χ3v) is 3.23. The molecule has 1 saturated carbocycles. The molecule has 5 nitrogen and oxygen atoms in total. The molecule has 0 atom stereocenters. The molecule has 1 aliphatic carbocycles. The summed E-state index contributed by atoms with van der Waals surface area (Å²) in [5, 5.41) is 12.0. The molecule has 0 aliphatic heterocycles. The number of rotatable bonds is 6. The van der Waals surface area contributed by atoms with Gasteiger partial charge in [-0.3, -0.25) is 4.98 Å². The average molecular weight is 248 g/mol. The molecule has 0 amide bonds. The monoisotopic (exact) mass is 248 g/mol. The highest BCUT2D eigenvalue weighted by Crippen LogP contribution is 2.33. The van der Waals surface area contributed by atoms with E-state index < -0.39 is 0 Å². The molecular formula is C13H20N4O. The predicted molar refractivity (Wildman–Crippen MR) is 72.0 cm³/mol. The lowest BCUT2D eigenvalue weighted by atomic mass is 10.1. The van der Waals surface area contributed by atoms with E-state index in [9.17, 15) is 0 Å². The van der Waals surface area contributed by atoms with Crippen molar-refractivity contribution in [3.05, 3.63) is 24.0 Å². The van der Waals surface area contributed by atoms with Crippen LogP contribution in [-0.2, 0) is 0 Å². The number of hydrogen-bond acceptors (Lipinski definition) is 4. The summed E-state index contributed by atoms with van der Waals surface area (Å²) in [6.07, 6.45) is 8.20. The molecule has 0 aromatic carbocycles.